The monoisotopic (exact) mass is 354 g/mol. The van der Waals surface area contributed by atoms with E-state index < -0.39 is 10.0 Å². The Morgan fingerprint density at radius 2 is 1.72 bits per heavy atom. The molecule has 0 heterocycles. The number of benzene rings is 2. The van der Waals surface area contributed by atoms with Crippen LogP contribution in [-0.4, -0.2) is 14.1 Å². The van der Waals surface area contributed by atoms with Crippen molar-refractivity contribution in [3.63, 3.8) is 0 Å². The number of aryl methyl sites for hydroxylation is 1. The van der Waals surface area contributed by atoms with Gasteiger partial charge in [0.05, 0.1) is 4.90 Å². The van der Waals surface area contributed by atoms with Crippen LogP contribution in [0.15, 0.2) is 64.6 Å². The van der Waals surface area contributed by atoms with Crippen molar-refractivity contribution in [2.45, 2.75) is 37.0 Å². The van der Waals surface area contributed by atoms with Gasteiger partial charge in [-0.25, -0.2) is 4.83 Å². The molecule has 2 bridgehead atoms. The van der Waals surface area contributed by atoms with Crippen LogP contribution in [0.25, 0.3) is 0 Å². The molecular weight excluding hydrogens is 332 g/mol. The van der Waals surface area contributed by atoms with E-state index >= 15 is 0 Å². The molecule has 3 atom stereocenters. The highest BCUT2D eigenvalue weighted by atomic mass is 32.2. The molecule has 2 fully saturated rings. The van der Waals surface area contributed by atoms with Gasteiger partial charge in [-0.15, -0.1) is 0 Å². The summed E-state index contributed by atoms with van der Waals surface area (Å²) < 4.78 is 25.1. The zero-order valence-electron chi connectivity index (χ0n) is 14.2. The lowest BCUT2D eigenvalue weighted by Gasteiger charge is -2.24. The van der Waals surface area contributed by atoms with Crippen LogP contribution in [0.3, 0.4) is 0 Å². The van der Waals surface area contributed by atoms with E-state index in [4.69, 9.17) is 0 Å². The molecule has 5 heteroatoms. The van der Waals surface area contributed by atoms with Crippen LogP contribution < -0.4 is 4.83 Å². The lowest BCUT2D eigenvalue weighted by Crippen LogP contribution is -2.26. The van der Waals surface area contributed by atoms with Gasteiger partial charge in [0.2, 0.25) is 0 Å². The molecule has 0 unspecified atom stereocenters. The zero-order chi connectivity index (χ0) is 17.4. The Labute approximate surface area is 149 Å². The summed E-state index contributed by atoms with van der Waals surface area (Å²) in [6.45, 7) is 1.93. The maximum absolute atomic E-state index is 12.5. The minimum Gasteiger partial charge on any atom is -0.200 e. The minimum absolute atomic E-state index is 0.237. The lowest BCUT2D eigenvalue weighted by atomic mass is 9.82. The highest BCUT2D eigenvalue weighted by molar-refractivity contribution is 7.89. The molecule has 2 aliphatic carbocycles. The Morgan fingerprint density at radius 1 is 1.00 bits per heavy atom. The van der Waals surface area contributed by atoms with Crippen LogP contribution in [0.2, 0.25) is 0 Å². The van der Waals surface area contributed by atoms with E-state index in [0.29, 0.717) is 11.8 Å². The number of hydrogen-bond acceptors (Lipinski definition) is 3. The Kier molecular flexibility index (Phi) is 4.12. The summed E-state index contributed by atoms with van der Waals surface area (Å²) in [7, 11) is -3.62. The van der Waals surface area contributed by atoms with E-state index in [2.05, 4.69) is 22.1 Å². The van der Waals surface area contributed by atoms with E-state index in [-0.39, 0.29) is 10.8 Å². The van der Waals surface area contributed by atoms with Crippen LogP contribution in [-0.2, 0) is 10.0 Å². The topological polar surface area (TPSA) is 58.5 Å². The second kappa shape index (κ2) is 6.30. The van der Waals surface area contributed by atoms with Crippen LogP contribution in [0, 0.1) is 18.8 Å². The second-order valence-electron chi connectivity index (χ2n) is 7.10. The van der Waals surface area contributed by atoms with Crippen molar-refractivity contribution >= 4 is 15.7 Å². The van der Waals surface area contributed by atoms with Gasteiger partial charge in [0.25, 0.3) is 10.0 Å². The summed E-state index contributed by atoms with van der Waals surface area (Å²) in [4.78, 5) is 2.73. The number of hydrazone groups is 1. The number of sulfonamides is 1. The first kappa shape index (κ1) is 16.3. The summed E-state index contributed by atoms with van der Waals surface area (Å²) in [5.41, 5.74) is 3.27. The van der Waals surface area contributed by atoms with Gasteiger partial charge in [-0.1, -0.05) is 48.0 Å². The first-order valence-electron chi connectivity index (χ1n) is 8.75. The highest BCUT2D eigenvalue weighted by Crippen LogP contribution is 2.51. The van der Waals surface area contributed by atoms with Crippen LogP contribution >= 0.6 is 0 Å². The van der Waals surface area contributed by atoms with Gasteiger partial charge >= 0.3 is 0 Å². The van der Waals surface area contributed by atoms with Crippen molar-refractivity contribution in [2.24, 2.45) is 16.9 Å². The maximum Gasteiger partial charge on any atom is 0.276 e. The molecule has 0 spiro atoms. The average Bonchev–Trinajstić information content (AvgIpc) is 3.22. The van der Waals surface area contributed by atoms with Crippen molar-refractivity contribution < 1.29 is 8.42 Å². The summed E-state index contributed by atoms with van der Waals surface area (Å²) in [5, 5.41) is 4.41. The van der Waals surface area contributed by atoms with Gasteiger partial charge in [0.15, 0.2) is 0 Å². The van der Waals surface area contributed by atoms with Crippen molar-refractivity contribution in [3.8, 4) is 0 Å². The molecule has 2 saturated carbocycles. The number of rotatable bonds is 4. The van der Waals surface area contributed by atoms with Gasteiger partial charge in [-0.05, 0) is 55.7 Å². The molecule has 0 aromatic heterocycles. The molecule has 0 amide bonds. The third kappa shape index (κ3) is 3.09. The molecule has 2 aliphatic rings. The molecule has 4 nitrogen and oxygen atoms in total. The molecule has 25 heavy (non-hydrogen) atoms. The summed E-state index contributed by atoms with van der Waals surface area (Å²) >= 11 is 0. The van der Waals surface area contributed by atoms with Gasteiger partial charge in [0, 0.05) is 11.6 Å². The number of nitrogens with zero attached hydrogens (tertiary/aromatic N) is 1. The predicted molar refractivity (Wildman–Crippen MR) is 98.9 cm³/mol. The molecule has 4 rings (SSSR count). The molecule has 0 radical (unpaired) electrons. The standard InChI is InChI=1S/C20H22N2O2S/c1-14-7-11-18(12-8-14)25(23,24)22-21-20-17-10-9-16(13-17)19(20)15-5-3-2-4-6-15/h2-8,11-12,16-17,19,22H,9-10,13H2,1H3/b21-20-/t16-,17+,19-/m0/s1. The fraction of sp³-hybridized carbons (Fsp3) is 0.350. The SMILES string of the molecule is Cc1ccc(S(=O)(=O)N/N=C2/[C@@H]3CC[C@@H](C3)[C@@H]2c2ccccc2)cc1. The Hall–Kier alpha value is -2.14. The average molecular weight is 354 g/mol. The Bertz CT molecular complexity index is 889. The number of nitrogens with one attached hydrogen (secondary N) is 1. The fourth-order valence-corrected chi connectivity index (χ4v) is 5.06. The third-order valence-corrected chi connectivity index (χ3v) is 6.69. The van der Waals surface area contributed by atoms with E-state index in [1.807, 2.05) is 25.1 Å². The van der Waals surface area contributed by atoms with E-state index in [0.717, 1.165) is 24.1 Å². The van der Waals surface area contributed by atoms with Crippen molar-refractivity contribution in [3.05, 3.63) is 65.7 Å². The second-order valence-corrected chi connectivity index (χ2v) is 8.76. The first-order chi connectivity index (χ1) is 12.0. The quantitative estimate of drug-likeness (QED) is 0.848. The molecule has 0 aliphatic heterocycles. The molecule has 130 valence electrons. The number of hydrogen-bond donors (Lipinski definition) is 1. The normalized spacial score (nSPS) is 26.9. The predicted octanol–water partition coefficient (Wildman–Crippen LogP) is 3.84. The summed E-state index contributed by atoms with van der Waals surface area (Å²) in [6, 6.07) is 17.2. The molecule has 2 aromatic rings. The van der Waals surface area contributed by atoms with Gasteiger partial charge in [-0.2, -0.15) is 13.5 Å². The third-order valence-electron chi connectivity index (χ3n) is 5.47. The Balaban J connectivity index is 1.62. The highest BCUT2D eigenvalue weighted by Gasteiger charge is 2.45. The molecule has 1 N–H and O–H groups in total. The smallest absolute Gasteiger partial charge is 0.200 e. The number of fused-ring (bicyclic) bond motifs is 2. The zero-order valence-corrected chi connectivity index (χ0v) is 15.0. The maximum atomic E-state index is 12.5. The molecule has 2 aromatic carbocycles. The molecule has 0 saturated heterocycles. The van der Waals surface area contributed by atoms with Crippen LogP contribution in [0.5, 0.6) is 0 Å². The van der Waals surface area contributed by atoms with E-state index in [1.165, 1.54) is 12.0 Å². The van der Waals surface area contributed by atoms with Crippen molar-refractivity contribution in [1.82, 2.24) is 4.83 Å². The largest absolute Gasteiger partial charge is 0.276 e. The van der Waals surface area contributed by atoms with Crippen molar-refractivity contribution in [2.75, 3.05) is 0 Å². The Morgan fingerprint density at radius 3 is 2.44 bits per heavy atom. The first-order valence-corrected chi connectivity index (χ1v) is 10.2. The fourth-order valence-electron chi connectivity index (χ4n) is 4.23. The van der Waals surface area contributed by atoms with Crippen LogP contribution in [0.4, 0.5) is 0 Å². The van der Waals surface area contributed by atoms with E-state index in [1.54, 1.807) is 24.3 Å². The van der Waals surface area contributed by atoms with Gasteiger partial charge < -0.3 is 0 Å². The van der Waals surface area contributed by atoms with Gasteiger partial charge in [-0.3, -0.25) is 0 Å². The molecular formula is C20H22N2O2S. The van der Waals surface area contributed by atoms with E-state index in [9.17, 15) is 8.42 Å². The summed E-state index contributed by atoms with van der Waals surface area (Å²) in [5.74, 6) is 1.21. The lowest BCUT2D eigenvalue weighted by molar-refractivity contribution is 0.530. The van der Waals surface area contributed by atoms with Crippen molar-refractivity contribution in [1.29, 1.82) is 0 Å². The minimum atomic E-state index is -3.62. The van der Waals surface area contributed by atoms with Gasteiger partial charge in [0.1, 0.15) is 0 Å². The van der Waals surface area contributed by atoms with Crippen LogP contribution in [0.1, 0.15) is 36.3 Å². The summed E-state index contributed by atoms with van der Waals surface area (Å²) in [6.07, 6.45) is 3.43.